The summed E-state index contributed by atoms with van der Waals surface area (Å²) in [5.74, 6) is 0. The molecule has 0 amide bonds. The predicted molar refractivity (Wildman–Crippen MR) is 69.0 cm³/mol. The SMILES string of the molecule is Cc1cccc(C(C)(O[Si](C)(C)C)C(F)(F)F)c1. The van der Waals surface area contributed by atoms with Gasteiger partial charge in [0.25, 0.3) is 0 Å². The molecular weight excluding hydrogens is 257 g/mol. The van der Waals surface area contributed by atoms with Crippen molar-refractivity contribution >= 4 is 8.32 Å². The summed E-state index contributed by atoms with van der Waals surface area (Å²) in [7, 11) is -2.32. The Bertz CT molecular complexity index is 423. The van der Waals surface area contributed by atoms with Crippen LogP contribution in [0.1, 0.15) is 18.1 Å². The van der Waals surface area contributed by atoms with E-state index in [9.17, 15) is 13.2 Å². The molecule has 0 heterocycles. The standard InChI is InChI=1S/C13H19F3OSi/c1-10-7-6-8-11(9-10)12(2,13(14,15)16)17-18(3,4)5/h6-9H,1-5H3. The van der Waals surface area contributed by atoms with Crippen LogP contribution in [0.5, 0.6) is 0 Å². The van der Waals surface area contributed by atoms with Crippen LogP contribution in [-0.4, -0.2) is 14.5 Å². The molecule has 5 heteroatoms. The zero-order valence-corrected chi connectivity index (χ0v) is 12.4. The van der Waals surface area contributed by atoms with Crippen molar-refractivity contribution in [3.05, 3.63) is 35.4 Å². The summed E-state index contributed by atoms with van der Waals surface area (Å²) in [5, 5.41) is 0. The van der Waals surface area contributed by atoms with Crippen LogP contribution in [0, 0.1) is 6.92 Å². The molecule has 0 fully saturated rings. The van der Waals surface area contributed by atoms with E-state index in [0.717, 1.165) is 12.5 Å². The first-order valence-electron chi connectivity index (χ1n) is 5.80. The summed E-state index contributed by atoms with van der Waals surface area (Å²) in [4.78, 5) is 0. The first kappa shape index (κ1) is 15.2. The summed E-state index contributed by atoms with van der Waals surface area (Å²) < 4.78 is 45.5. The van der Waals surface area contributed by atoms with Gasteiger partial charge in [0.05, 0.1) is 0 Å². The van der Waals surface area contributed by atoms with Crippen molar-refractivity contribution in [1.82, 2.24) is 0 Å². The van der Waals surface area contributed by atoms with Gasteiger partial charge in [0.1, 0.15) is 0 Å². The monoisotopic (exact) mass is 276 g/mol. The van der Waals surface area contributed by atoms with Crippen LogP contribution in [0.2, 0.25) is 19.6 Å². The maximum Gasteiger partial charge on any atom is 0.420 e. The Balaban J connectivity index is 3.30. The van der Waals surface area contributed by atoms with Gasteiger partial charge in [-0.3, -0.25) is 0 Å². The van der Waals surface area contributed by atoms with Crippen molar-refractivity contribution in [1.29, 1.82) is 0 Å². The number of alkyl halides is 3. The van der Waals surface area contributed by atoms with Gasteiger partial charge < -0.3 is 4.43 Å². The van der Waals surface area contributed by atoms with Crippen LogP contribution in [0.4, 0.5) is 13.2 Å². The zero-order valence-electron chi connectivity index (χ0n) is 11.4. The highest BCUT2D eigenvalue weighted by molar-refractivity contribution is 6.69. The molecule has 1 aromatic carbocycles. The lowest BCUT2D eigenvalue weighted by Crippen LogP contribution is -2.48. The third-order valence-corrected chi connectivity index (χ3v) is 3.64. The first-order chi connectivity index (χ1) is 7.96. The van der Waals surface area contributed by atoms with Gasteiger partial charge in [-0.1, -0.05) is 29.8 Å². The fourth-order valence-electron chi connectivity index (χ4n) is 1.83. The summed E-state index contributed by atoms with van der Waals surface area (Å²) >= 11 is 0. The third kappa shape index (κ3) is 3.35. The van der Waals surface area contributed by atoms with Crippen molar-refractivity contribution in [2.24, 2.45) is 0 Å². The van der Waals surface area contributed by atoms with Crippen LogP contribution in [0.15, 0.2) is 24.3 Å². The topological polar surface area (TPSA) is 9.23 Å². The third-order valence-electron chi connectivity index (χ3n) is 2.62. The van der Waals surface area contributed by atoms with Crippen LogP contribution >= 0.6 is 0 Å². The Morgan fingerprint density at radius 3 is 2.06 bits per heavy atom. The molecule has 18 heavy (non-hydrogen) atoms. The zero-order chi connectivity index (χ0) is 14.2. The maximum atomic E-state index is 13.3. The van der Waals surface area contributed by atoms with Gasteiger partial charge in [0.2, 0.25) is 0 Å². The van der Waals surface area contributed by atoms with E-state index in [-0.39, 0.29) is 5.56 Å². The van der Waals surface area contributed by atoms with Crippen molar-refractivity contribution in [3.63, 3.8) is 0 Å². The highest BCUT2D eigenvalue weighted by Crippen LogP contribution is 2.43. The maximum absolute atomic E-state index is 13.3. The molecule has 0 bridgehead atoms. The minimum atomic E-state index is -4.43. The van der Waals surface area contributed by atoms with E-state index in [0.29, 0.717) is 0 Å². The molecule has 0 saturated carbocycles. The number of halogens is 3. The second kappa shape index (κ2) is 4.70. The van der Waals surface area contributed by atoms with Gasteiger partial charge in [-0.05, 0) is 39.1 Å². The molecule has 102 valence electrons. The number of aryl methyl sites for hydroxylation is 1. The van der Waals surface area contributed by atoms with Crippen molar-refractivity contribution in [3.8, 4) is 0 Å². The number of hydrogen-bond donors (Lipinski definition) is 0. The molecular formula is C13H19F3OSi. The van der Waals surface area contributed by atoms with Gasteiger partial charge >= 0.3 is 6.18 Å². The van der Waals surface area contributed by atoms with Gasteiger partial charge in [-0.15, -0.1) is 0 Å². The molecule has 0 saturated heterocycles. The van der Waals surface area contributed by atoms with Crippen molar-refractivity contribution in [2.45, 2.75) is 45.3 Å². The normalized spacial score (nSPS) is 16.4. The molecule has 0 aliphatic heterocycles. The van der Waals surface area contributed by atoms with Gasteiger partial charge in [0, 0.05) is 0 Å². The molecule has 1 atom stereocenters. The average molecular weight is 276 g/mol. The molecule has 0 aromatic heterocycles. The first-order valence-corrected chi connectivity index (χ1v) is 9.20. The Kier molecular flexibility index (Phi) is 3.98. The molecule has 1 aromatic rings. The van der Waals surface area contributed by atoms with E-state index in [1.807, 2.05) is 0 Å². The van der Waals surface area contributed by atoms with Crippen molar-refractivity contribution < 1.29 is 17.6 Å². The van der Waals surface area contributed by atoms with E-state index in [4.69, 9.17) is 4.43 Å². The minimum absolute atomic E-state index is 0.164. The Morgan fingerprint density at radius 2 is 1.67 bits per heavy atom. The number of benzene rings is 1. The van der Waals surface area contributed by atoms with E-state index in [2.05, 4.69) is 0 Å². The molecule has 1 unspecified atom stereocenters. The van der Waals surface area contributed by atoms with Crippen molar-refractivity contribution in [2.75, 3.05) is 0 Å². The second-order valence-corrected chi connectivity index (χ2v) is 10.0. The largest absolute Gasteiger partial charge is 0.420 e. The number of hydrogen-bond acceptors (Lipinski definition) is 1. The lowest BCUT2D eigenvalue weighted by molar-refractivity contribution is -0.250. The van der Waals surface area contributed by atoms with E-state index < -0.39 is 20.1 Å². The summed E-state index contributed by atoms with van der Waals surface area (Å²) in [6.07, 6.45) is -4.43. The van der Waals surface area contributed by atoms with Crippen LogP contribution in [0.3, 0.4) is 0 Å². The fourth-order valence-corrected chi connectivity index (χ4v) is 3.29. The lowest BCUT2D eigenvalue weighted by atomic mass is 9.94. The average Bonchev–Trinajstić information content (AvgIpc) is 2.13. The van der Waals surface area contributed by atoms with Gasteiger partial charge in [-0.25, -0.2) is 0 Å². The molecule has 0 aliphatic rings. The Labute approximate surface area is 107 Å². The smallest absolute Gasteiger partial charge is 0.401 e. The predicted octanol–water partition coefficient (Wildman–Crippen LogP) is 4.62. The van der Waals surface area contributed by atoms with E-state index in [1.165, 1.54) is 12.1 Å². The molecule has 0 N–H and O–H groups in total. The van der Waals surface area contributed by atoms with Crippen LogP contribution in [0.25, 0.3) is 0 Å². The number of rotatable bonds is 3. The molecule has 0 aliphatic carbocycles. The Hall–Kier alpha value is -0.813. The molecule has 0 radical (unpaired) electrons. The summed E-state index contributed by atoms with van der Waals surface area (Å²) in [6.45, 7) is 8.15. The van der Waals surface area contributed by atoms with E-state index in [1.54, 1.807) is 38.7 Å². The Morgan fingerprint density at radius 1 is 1.11 bits per heavy atom. The lowest BCUT2D eigenvalue weighted by Gasteiger charge is -2.38. The summed E-state index contributed by atoms with van der Waals surface area (Å²) in [6, 6.07) is 6.41. The van der Waals surface area contributed by atoms with Crippen LogP contribution < -0.4 is 0 Å². The second-order valence-electron chi connectivity index (χ2n) is 5.61. The summed E-state index contributed by atoms with van der Waals surface area (Å²) in [5.41, 5.74) is -1.27. The van der Waals surface area contributed by atoms with Gasteiger partial charge in [0.15, 0.2) is 13.9 Å². The van der Waals surface area contributed by atoms with Crippen LogP contribution in [-0.2, 0) is 10.0 Å². The minimum Gasteiger partial charge on any atom is -0.401 e. The molecule has 1 nitrogen and oxygen atoms in total. The molecule has 0 spiro atoms. The fraction of sp³-hybridized carbons (Fsp3) is 0.538. The molecule has 1 rings (SSSR count). The quantitative estimate of drug-likeness (QED) is 0.732. The van der Waals surface area contributed by atoms with E-state index >= 15 is 0 Å². The highest BCUT2D eigenvalue weighted by atomic mass is 28.4. The van der Waals surface area contributed by atoms with Gasteiger partial charge in [-0.2, -0.15) is 13.2 Å². The highest BCUT2D eigenvalue weighted by Gasteiger charge is 2.55.